The Morgan fingerprint density at radius 2 is 2.00 bits per heavy atom. The van der Waals surface area contributed by atoms with Crippen molar-refractivity contribution in [2.75, 3.05) is 13.1 Å². The van der Waals surface area contributed by atoms with Crippen molar-refractivity contribution in [2.45, 2.75) is 37.1 Å². The molecule has 0 unspecified atom stereocenters. The number of hydrogen-bond acceptors (Lipinski definition) is 4. The Morgan fingerprint density at radius 1 is 1.35 bits per heavy atom. The van der Waals surface area contributed by atoms with E-state index in [4.69, 9.17) is 16.7 Å². The third-order valence-electron chi connectivity index (χ3n) is 4.05. The van der Waals surface area contributed by atoms with Crippen LogP contribution in [0.4, 0.5) is 0 Å². The van der Waals surface area contributed by atoms with Crippen molar-refractivity contribution in [3.8, 4) is 0 Å². The summed E-state index contributed by atoms with van der Waals surface area (Å²) in [6.07, 6.45) is 2.77. The first-order chi connectivity index (χ1) is 12.2. The first kappa shape index (κ1) is 20.4. The molecule has 0 aromatic heterocycles. The summed E-state index contributed by atoms with van der Waals surface area (Å²) in [6, 6.07) is 4.76. The van der Waals surface area contributed by atoms with E-state index in [1.165, 1.54) is 31.2 Å². The van der Waals surface area contributed by atoms with Gasteiger partial charge in [-0.25, -0.2) is 13.2 Å². The molecule has 1 aromatic rings. The molecule has 2 rings (SSSR count). The van der Waals surface area contributed by atoms with E-state index in [9.17, 15) is 18.0 Å². The average Bonchev–Trinajstić information content (AvgIpc) is 2.76. The van der Waals surface area contributed by atoms with E-state index < -0.39 is 22.0 Å². The van der Waals surface area contributed by atoms with Crippen molar-refractivity contribution in [1.82, 2.24) is 9.62 Å². The fraction of sp³-hybridized carbons (Fsp3) is 0.412. The molecule has 2 N–H and O–H groups in total. The maximum Gasteiger partial charge on any atom is 0.328 e. The molecule has 0 saturated carbocycles. The summed E-state index contributed by atoms with van der Waals surface area (Å²) in [7, 11) is -4.02. The summed E-state index contributed by atoms with van der Waals surface area (Å²) in [5, 5.41) is 12.0. The lowest BCUT2D eigenvalue weighted by Gasteiger charge is -2.29. The molecular formula is C17H21ClN2O5S. The van der Waals surface area contributed by atoms with Gasteiger partial charge in [0.25, 0.3) is 0 Å². The SMILES string of the molecule is C/C(=C\C(=O)O)CN([C@@H]1CCCCNC1=O)S(=O)(=O)c1ccc(Cl)cc1. The van der Waals surface area contributed by atoms with E-state index in [2.05, 4.69) is 5.32 Å². The third kappa shape index (κ3) is 5.06. The van der Waals surface area contributed by atoms with Crippen molar-refractivity contribution in [3.63, 3.8) is 0 Å². The minimum absolute atomic E-state index is 0.00192. The van der Waals surface area contributed by atoms with Crippen LogP contribution in [0.5, 0.6) is 0 Å². The number of rotatable bonds is 6. The van der Waals surface area contributed by atoms with Gasteiger partial charge in [-0.15, -0.1) is 0 Å². The van der Waals surface area contributed by atoms with Crippen molar-refractivity contribution in [2.24, 2.45) is 0 Å². The Bertz CT molecular complexity index is 805. The number of benzene rings is 1. The first-order valence-corrected chi connectivity index (χ1v) is 9.99. The zero-order chi connectivity index (χ0) is 19.3. The molecule has 0 aliphatic carbocycles. The number of hydrogen-bond donors (Lipinski definition) is 2. The highest BCUT2D eigenvalue weighted by atomic mass is 35.5. The largest absolute Gasteiger partial charge is 0.478 e. The fourth-order valence-corrected chi connectivity index (χ4v) is 4.59. The Morgan fingerprint density at radius 3 is 2.62 bits per heavy atom. The zero-order valence-electron chi connectivity index (χ0n) is 14.3. The van der Waals surface area contributed by atoms with Crippen LogP contribution in [-0.4, -0.2) is 48.8 Å². The van der Waals surface area contributed by atoms with Gasteiger partial charge < -0.3 is 10.4 Å². The second-order valence-corrected chi connectivity index (χ2v) is 8.46. The zero-order valence-corrected chi connectivity index (χ0v) is 15.9. The highest BCUT2D eigenvalue weighted by Gasteiger charge is 2.36. The number of carbonyl (C=O) groups is 2. The predicted molar refractivity (Wildman–Crippen MR) is 97.4 cm³/mol. The molecule has 0 spiro atoms. The van der Waals surface area contributed by atoms with Gasteiger partial charge in [-0.3, -0.25) is 4.79 Å². The maximum absolute atomic E-state index is 13.2. The smallest absolute Gasteiger partial charge is 0.328 e. The van der Waals surface area contributed by atoms with Gasteiger partial charge in [0.15, 0.2) is 0 Å². The quantitative estimate of drug-likeness (QED) is 0.711. The highest BCUT2D eigenvalue weighted by Crippen LogP contribution is 2.24. The van der Waals surface area contributed by atoms with Crippen LogP contribution in [0.2, 0.25) is 5.02 Å². The topological polar surface area (TPSA) is 104 Å². The monoisotopic (exact) mass is 400 g/mol. The van der Waals surface area contributed by atoms with Crippen LogP contribution < -0.4 is 5.32 Å². The number of halogens is 1. The molecule has 26 heavy (non-hydrogen) atoms. The first-order valence-electron chi connectivity index (χ1n) is 8.17. The third-order valence-corrected chi connectivity index (χ3v) is 6.17. The van der Waals surface area contributed by atoms with Gasteiger partial charge in [-0.05, 0) is 50.5 Å². The van der Waals surface area contributed by atoms with E-state index in [1.54, 1.807) is 0 Å². The van der Waals surface area contributed by atoms with Crippen LogP contribution in [0.3, 0.4) is 0 Å². The molecule has 142 valence electrons. The molecule has 0 radical (unpaired) electrons. The Balaban J connectivity index is 2.46. The van der Waals surface area contributed by atoms with Crippen LogP contribution in [0.1, 0.15) is 26.2 Å². The number of nitrogens with one attached hydrogen (secondary N) is 1. The molecule has 1 amide bonds. The van der Waals surface area contributed by atoms with E-state index in [1.807, 2.05) is 0 Å². The molecule has 1 aliphatic rings. The van der Waals surface area contributed by atoms with Crippen LogP contribution >= 0.6 is 11.6 Å². The van der Waals surface area contributed by atoms with Crippen molar-refractivity contribution >= 4 is 33.5 Å². The van der Waals surface area contributed by atoms with Crippen molar-refractivity contribution < 1.29 is 23.1 Å². The number of aliphatic carboxylic acids is 1. The van der Waals surface area contributed by atoms with E-state index >= 15 is 0 Å². The van der Waals surface area contributed by atoms with Crippen LogP contribution in [0.25, 0.3) is 0 Å². The van der Waals surface area contributed by atoms with E-state index in [0.717, 1.165) is 16.8 Å². The maximum atomic E-state index is 13.2. The van der Waals surface area contributed by atoms with Crippen LogP contribution in [0, 0.1) is 0 Å². The van der Waals surface area contributed by atoms with Gasteiger partial charge in [0, 0.05) is 24.2 Å². The summed E-state index contributed by atoms with van der Waals surface area (Å²) >= 11 is 5.83. The molecule has 9 heteroatoms. The standard InChI is InChI=1S/C17H21ClN2O5S/c1-12(10-16(21)22)11-20(15-4-2-3-9-19-17(15)23)26(24,25)14-7-5-13(18)6-8-14/h5-8,10,15H,2-4,9,11H2,1H3,(H,19,23)(H,21,22)/b12-10+/t15-/m1/s1. The molecule has 1 heterocycles. The molecular weight excluding hydrogens is 380 g/mol. The molecule has 1 aliphatic heterocycles. The van der Waals surface area contributed by atoms with Gasteiger partial charge in [0.05, 0.1) is 4.90 Å². The molecule has 1 atom stereocenters. The molecule has 1 saturated heterocycles. The van der Waals surface area contributed by atoms with E-state index in [-0.39, 0.29) is 17.3 Å². The molecule has 7 nitrogen and oxygen atoms in total. The summed E-state index contributed by atoms with van der Waals surface area (Å²) < 4.78 is 27.4. The molecule has 1 fully saturated rings. The number of nitrogens with zero attached hydrogens (tertiary/aromatic N) is 1. The van der Waals surface area contributed by atoms with Gasteiger partial charge in [-0.1, -0.05) is 17.2 Å². The average molecular weight is 401 g/mol. The summed E-state index contributed by atoms with van der Waals surface area (Å²) in [5.74, 6) is -1.54. The fourth-order valence-electron chi connectivity index (χ4n) is 2.80. The second kappa shape index (κ2) is 8.66. The highest BCUT2D eigenvalue weighted by molar-refractivity contribution is 7.89. The second-order valence-electron chi connectivity index (χ2n) is 6.14. The summed E-state index contributed by atoms with van der Waals surface area (Å²) in [5.41, 5.74) is 0.326. The summed E-state index contributed by atoms with van der Waals surface area (Å²) in [6.45, 7) is 1.83. The summed E-state index contributed by atoms with van der Waals surface area (Å²) in [4.78, 5) is 23.3. The lowest BCUT2D eigenvalue weighted by atomic mass is 10.1. The Hall–Kier alpha value is -1.90. The normalized spacial score (nSPS) is 19.1. The van der Waals surface area contributed by atoms with Gasteiger partial charge in [0.2, 0.25) is 15.9 Å². The lowest BCUT2D eigenvalue weighted by Crippen LogP contribution is -2.49. The van der Waals surface area contributed by atoms with E-state index in [0.29, 0.717) is 30.0 Å². The minimum atomic E-state index is -4.02. The number of sulfonamides is 1. The lowest BCUT2D eigenvalue weighted by molar-refractivity contribution is -0.131. The molecule has 0 bridgehead atoms. The van der Waals surface area contributed by atoms with Crippen LogP contribution in [-0.2, 0) is 19.6 Å². The number of carboxylic acid groups (broad SMARTS) is 1. The Kier molecular flexibility index (Phi) is 6.80. The van der Waals surface area contributed by atoms with Gasteiger partial charge in [0.1, 0.15) is 6.04 Å². The number of carbonyl (C=O) groups excluding carboxylic acids is 1. The van der Waals surface area contributed by atoms with Gasteiger partial charge in [-0.2, -0.15) is 4.31 Å². The molecule has 1 aromatic carbocycles. The minimum Gasteiger partial charge on any atom is -0.478 e. The van der Waals surface area contributed by atoms with Crippen LogP contribution in [0.15, 0.2) is 40.8 Å². The Labute approximate surface area is 157 Å². The predicted octanol–water partition coefficient (Wildman–Crippen LogP) is 2.03. The number of carboxylic acids is 1. The van der Waals surface area contributed by atoms with Crippen molar-refractivity contribution in [3.05, 3.63) is 40.9 Å². The van der Waals surface area contributed by atoms with Gasteiger partial charge >= 0.3 is 5.97 Å². The van der Waals surface area contributed by atoms with Crippen molar-refractivity contribution in [1.29, 1.82) is 0 Å². The number of amides is 1.